The molecule has 0 aromatic rings. The summed E-state index contributed by atoms with van der Waals surface area (Å²) < 4.78 is 1.07. The van der Waals surface area contributed by atoms with Gasteiger partial charge < -0.3 is 0 Å². The number of rotatable bonds is 3. The number of hydrogen-bond acceptors (Lipinski definition) is 0. The first-order valence-corrected chi connectivity index (χ1v) is 4.37. The Balaban J connectivity index is 3.03. The molecule has 0 rings (SSSR count). The predicted octanol–water partition coefficient (Wildman–Crippen LogP) is 3.81. The molecule has 0 fully saturated rings. The lowest BCUT2D eigenvalue weighted by molar-refractivity contribution is 0.815. The third-order valence-corrected chi connectivity index (χ3v) is 1.50. The summed E-state index contributed by atoms with van der Waals surface area (Å²) in [4.78, 5) is 0. The highest BCUT2D eigenvalue weighted by atomic mass is 79.9. The van der Waals surface area contributed by atoms with Gasteiger partial charge in [0.25, 0.3) is 0 Å². The van der Waals surface area contributed by atoms with Gasteiger partial charge in [0, 0.05) is 0 Å². The minimum Gasteiger partial charge on any atom is -0.0654 e. The van der Waals surface area contributed by atoms with Crippen molar-refractivity contribution < 1.29 is 0 Å². The van der Waals surface area contributed by atoms with Crippen molar-refractivity contribution in [3.8, 4) is 0 Å². The monoisotopic (exact) mass is 240 g/mol. The Morgan fingerprint density at radius 2 is 2.12 bits per heavy atom. The van der Waals surface area contributed by atoms with Crippen LogP contribution in [0.25, 0.3) is 0 Å². The largest absolute Gasteiger partial charge is 0.0654 e. The number of allylic oxidation sites excluding steroid dienone is 1. The van der Waals surface area contributed by atoms with Crippen molar-refractivity contribution in [2.75, 3.05) is 0 Å². The molecule has 0 aliphatic carbocycles. The fourth-order valence-electron chi connectivity index (χ4n) is 0.415. The zero-order valence-electron chi connectivity index (χ0n) is 4.95. The third-order valence-electron chi connectivity index (χ3n) is 0.856. The van der Waals surface area contributed by atoms with E-state index in [9.17, 15) is 0 Å². The third kappa shape index (κ3) is 6.70. The molecule has 0 aromatic carbocycles. The maximum Gasteiger partial charge on any atom is 0.0564 e. The molecule has 0 atom stereocenters. The van der Waals surface area contributed by atoms with Crippen LogP contribution in [0.4, 0.5) is 0 Å². The minimum atomic E-state index is 1.07. The molecule has 0 unspecified atom stereocenters. The second-order valence-corrected chi connectivity index (χ2v) is 4.41. The Labute approximate surface area is 67.6 Å². The second-order valence-electron chi connectivity index (χ2n) is 1.64. The topological polar surface area (TPSA) is 0 Å². The molecule has 0 saturated heterocycles. The van der Waals surface area contributed by atoms with Crippen LogP contribution in [0.1, 0.15) is 26.2 Å². The van der Waals surface area contributed by atoms with Crippen LogP contribution in [0.3, 0.4) is 0 Å². The molecule has 2 heteroatoms. The quantitative estimate of drug-likeness (QED) is 0.660. The standard InChI is InChI=1S/C6H10Br2/c1-2-3-4-5-6(7)8/h5H,2-4H2,1H3. The van der Waals surface area contributed by atoms with Gasteiger partial charge in [0.05, 0.1) is 3.39 Å². The molecule has 0 radical (unpaired) electrons. The van der Waals surface area contributed by atoms with Gasteiger partial charge in [0.1, 0.15) is 0 Å². The van der Waals surface area contributed by atoms with Gasteiger partial charge in [-0.05, 0) is 38.3 Å². The van der Waals surface area contributed by atoms with Crippen LogP contribution < -0.4 is 0 Å². The molecule has 0 spiro atoms. The summed E-state index contributed by atoms with van der Waals surface area (Å²) >= 11 is 6.56. The zero-order valence-corrected chi connectivity index (χ0v) is 8.13. The maximum atomic E-state index is 3.28. The van der Waals surface area contributed by atoms with E-state index in [1.165, 1.54) is 19.3 Å². The van der Waals surface area contributed by atoms with Crippen LogP contribution >= 0.6 is 31.9 Å². The van der Waals surface area contributed by atoms with E-state index in [4.69, 9.17) is 0 Å². The van der Waals surface area contributed by atoms with E-state index in [1.54, 1.807) is 0 Å². The van der Waals surface area contributed by atoms with Crippen LogP contribution in [0.5, 0.6) is 0 Å². The summed E-state index contributed by atoms with van der Waals surface area (Å²) in [5.74, 6) is 0. The molecular formula is C6H10Br2. The highest BCUT2D eigenvalue weighted by molar-refractivity contribution is 9.28. The number of unbranched alkanes of at least 4 members (excludes halogenated alkanes) is 2. The van der Waals surface area contributed by atoms with E-state index in [-0.39, 0.29) is 0 Å². The molecule has 0 heterocycles. The number of hydrogen-bond donors (Lipinski definition) is 0. The number of halogens is 2. The average Bonchev–Trinajstić information content (AvgIpc) is 1.66. The van der Waals surface area contributed by atoms with Gasteiger partial charge in [0.15, 0.2) is 0 Å². The van der Waals surface area contributed by atoms with E-state index >= 15 is 0 Å². The van der Waals surface area contributed by atoms with Crippen LogP contribution in [-0.4, -0.2) is 0 Å². The molecule has 0 amide bonds. The predicted molar refractivity (Wildman–Crippen MR) is 45.5 cm³/mol. The van der Waals surface area contributed by atoms with Crippen molar-refractivity contribution >= 4 is 31.9 Å². The minimum absolute atomic E-state index is 1.07. The van der Waals surface area contributed by atoms with E-state index in [0.717, 1.165) is 3.39 Å². The van der Waals surface area contributed by atoms with Crippen molar-refractivity contribution in [3.63, 3.8) is 0 Å². The Morgan fingerprint density at radius 1 is 1.50 bits per heavy atom. The molecular weight excluding hydrogens is 232 g/mol. The van der Waals surface area contributed by atoms with E-state index in [1.807, 2.05) is 0 Å². The Kier molecular flexibility index (Phi) is 6.34. The fourth-order valence-corrected chi connectivity index (χ4v) is 0.873. The lowest BCUT2D eigenvalue weighted by atomic mass is 10.3. The SMILES string of the molecule is CCCCC=C(Br)Br. The van der Waals surface area contributed by atoms with E-state index in [2.05, 4.69) is 44.9 Å². The molecule has 0 aliphatic rings. The molecule has 0 N–H and O–H groups in total. The van der Waals surface area contributed by atoms with Crippen molar-refractivity contribution in [2.45, 2.75) is 26.2 Å². The molecule has 0 bridgehead atoms. The lowest BCUT2D eigenvalue weighted by Crippen LogP contribution is -1.65. The summed E-state index contributed by atoms with van der Waals surface area (Å²) in [7, 11) is 0. The van der Waals surface area contributed by atoms with Gasteiger partial charge in [0.2, 0.25) is 0 Å². The summed E-state index contributed by atoms with van der Waals surface area (Å²) in [5.41, 5.74) is 0. The second kappa shape index (κ2) is 5.83. The van der Waals surface area contributed by atoms with E-state index in [0.29, 0.717) is 0 Å². The van der Waals surface area contributed by atoms with Crippen molar-refractivity contribution in [3.05, 3.63) is 9.47 Å². The fraction of sp³-hybridized carbons (Fsp3) is 0.667. The lowest BCUT2D eigenvalue weighted by Gasteiger charge is -1.86. The Bertz CT molecular complexity index is 72.6. The molecule has 48 valence electrons. The maximum absolute atomic E-state index is 3.28. The van der Waals surface area contributed by atoms with Gasteiger partial charge in [-0.2, -0.15) is 0 Å². The van der Waals surface area contributed by atoms with Gasteiger partial charge in [-0.15, -0.1) is 0 Å². The summed E-state index contributed by atoms with van der Waals surface area (Å²) in [6, 6.07) is 0. The van der Waals surface area contributed by atoms with Gasteiger partial charge >= 0.3 is 0 Å². The Morgan fingerprint density at radius 3 is 2.50 bits per heavy atom. The Hall–Kier alpha value is 0.700. The van der Waals surface area contributed by atoms with Crippen LogP contribution in [0, 0.1) is 0 Å². The van der Waals surface area contributed by atoms with Crippen molar-refractivity contribution in [1.29, 1.82) is 0 Å². The van der Waals surface area contributed by atoms with Crippen LogP contribution in [-0.2, 0) is 0 Å². The highest BCUT2D eigenvalue weighted by Crippen LogP contribution is 2.14. The first kappa shape index (κ1) is 8.70. The van der Waals surface area contributed by atoms with Crippen molar-refractivity contribution in [2.24, 2.45) is 0 Å². The molecule has 0 aliphatic heterocycles. The van der Waals surface area contributed by atoms with Gasteiger partial charge in [-0.25, -0.2) is 0 Å². The zero-order chi connectivity index (χ0) is 6.41. The smallest absolute Gasteiger partial charge is 0.0564 e. The summed E-state index contributed by atoms with van der Waals surface area (Å²) in [6.45, 7) is 2.19. The summed E-state index contributed by atoms with van der Waals surface area (Å²) in [6.07, 6.45) is 5.84. The molecule has 0 nitrogen and oxygen atoms in total. The van der Waals surface area contributed by atoms with Crippen LogP contribution in [0.15, 0.2) is 9.47 Å². The van der Waals surface area contributed by atoms with Crippen molar-refractivity contribution in [1.82, 2.24) is 0 Å². The summed E-state index contributed by atoms with van der Waals surface area (Å²) in [5, 5.41) is 0. The first-order chi connectivity index (χ1) is 3.77. The van der Waals surface area contributed by atoms with Crippen LogP contribution in [0.2, 0.25) is 0 Å². The normalized spacial score (nSPS) is 8.88. The molecule has 0 aromatic heterocycles. The highest BCUT2D eigenvalue weighted by Gasteiger charge is 1.80. The van der Waals surface area contributed by atoms with Gasteiger partial charge in [-0.3, -0.25) is 0 Å². The average molecular weight is 242 g/mol. The van der Waals surface area contributed by atoms with E-state index < -0.39 is 0 Å². The molecule has 0 saturated carbocycles. The first-order valence-electron chi connectivity index (χ1n) is 2.78. The van der Waals surface area contributed by atoms with Gasteiger partial charge in [-0.1, -0.05) is 25.8 Å². The molecule has 8 heavy (non-hydrogen) atoms.